The number of H-pyrrole nitrogens is 1. The predicted molar refractivity (Wildman–Crippen MR) is 116 cm³/mol. The van der Waals surface area contributed by atoms with Crippen LogP contribution in [0.3, 0.4) is 0 Å². The van der Waals surface area contributed by atoms with Gasteiger partial charge in [0.25, 0.3) is 5.56 Å². The zero-order chi connectivity index (χ0) is 20.2. The summed E-state index contributed by atoms with van der Waals surface area (Å²) in [6.07, 6.45) is 2.81. The van der Waals surface area contributed by atoms with Crippen LogP contribution < -0.4 is 10.9 Å². The average molecular weight is 406 g/mol. The molecule has 7 heteroatoms. The summed E-state index contributed by atoms with van der Waals surface area (Å²) in [5.74, 6) is 1.04. The normalized spacial score (nSPS) is 21.8. The Labute approximate surface area is 172 Å². The zero-order valence-corrected chi connectivity index (χ0v) is 17.5. The lowest BCUT2D eigenvalue weighted by atomic mass is 9.81. The Hall–Kier alpha value is -2.77. The van der Waals surface area contributed by atoms with E-state index in [4.69, 9.17) is 4.98 Å². The Balaban J connectivity index is 1.68. The zero-order valence-electron chi connectivity index (χ0n) is 16.7. The molecule has 0 aliphatic carbocycles. The predicted octanol–water partition coefficient (Wildman–Crippen LogP) is 3.69. The SMILES string of the molecule is Cc1[nH]ncc1-c1cc2nc([C@@]3(C)NCC[C@H]3c3ccccc3)n(C)c(=O)c2s1. The van der Waals surface area contributed by atoms with E-state index in [2.05, 4.69) is 46.7 Å². The fraction of sp³-hybridized carbons (Fsp3) is 0.318. The van der Waals surface area contributed by atoms with E-state index in [1.807, 2.05) is 26.1 Å². The molecule has 4 heterocycles. The minimum absolute atomic E-state index is 0.00383. The van der Waals surface area contributed by atoms with Crippen LogP contribution in [0.4, 0.5) is 0 Å². The molecule has 0 bridgehead atoms. The summed E-state index contributed by atoms with van der Waals surface area (Å²) in [5.41, 5.74) is 3.63. The Morgan fingerprint density at radius 3 is 2.79 bits per heavy atom. The van der Waals surface area contributed by atoms with Crippen LogP contribution in [0.15, 0.2) is 47.4 Å². The number of rotatable bonds is 3. The molecule has 148 valence electrons. The van der Waals surface area contributed by atoms with Crippen LogP contribution >= 0.6 is 11.3 Å². The molecule has 3 aromatic heterocycles. The fourth-order valence-corrected chi connectivity index (χ4v) is 5.70. The smallest absolute Gasteiger partial charge is 0.271 e. The highest BCUT2D eigenvalue weighted by Crippen LogP contribution is 2.42. The lowest BCUT2D eigenvalue weighted by molar-refractivity contribution is 0.348. The average Bonchev–Trinajstić information content (AvgIpc) is 3.43. The molecule has 0 saturated carbocycles. The Morgan fingerprint density at radius 2 is 2.07 bits per heavy atom. The first-order chi connectivity index (χ1) is 14.0. The van der Waals surface area contributed by atoms with Gasteiger partial charge in [-0.1, -0.05) is 30.3 Å². The number of hydrogen-bond acceptors (Lipinski definition) is 5. The van der Waals surface area contributed by atoms with Gasteiger partial charge in [0.15, 0.2) is 0 Å². The maximum atomic E-state index is 13.2. The van der Waals surface area contributed by atoms with Gasteiger partial charge in [-0.2, -0.15) is 5.10 Å². The maximum Gasteiger partial charge on any atom is 0.271 e. The summed E-state index contributed by atoms with van der Waals surface area (Å²) < 4.78 is 2.41. The van der Waals surface area contributed by atoms with Gasteiger partial charge >= 0.3 is 0 Å². The topological polar surface area (TPSA) is 75.6 Å². The standard InChI is InChI=1S/C22H23N5OS/c1-13-15(12-24-26-13)18-11-17-19(29-18)20(28)27(3)21(25-17)22(2)16(9-10-23-22)14-7-5-4-6-8-14/h4-8,11-12,16,23H,9-10H2,1-3H3,(H,24,26)/t16-,22-/m0/s1. The van der Waals surface area contributed by atoms with Crippen LogP contribution in [0.2, 0.25) is 0 Å². The van der Waals surface area contributed by atoms with Crippen LogP contribution in [-0.4, -0.2) is 26.3 Å². The van der Waals surface area contributed by atoms with Crippen LogP contribution in [0, 0.1) is 6.92 Å². The van der Waals surface area contributed by atoms with E-state index in [0.29, 0.717) is 4.70 Å². The Kier molecular flexibility index (Phi) is 4.18. The van der Waals surface area contributed by atoms with Crippen molar-refractivity contribution in [3.63, 3.8) is 0 Å². The molecule has 2 atom stereocenters. The van der Waals surface area contributed by atoms with Crippen molar-refractivity contribution in [2.45, 2.75) is 31.7 Å². The van der Waals surface area contributed by atoms with E-state index in [0.717, 1.165) is 40.4 Å². The summed E-state index contributed by atoms with van der Waals surface area (Å²) in [4.78, 5) is 19.3. The van der Waals surface area contributed by atoms with Gasteiger partial charge in [-0.05, 0) is 38.4 Å². The third-order valence-corrected chi connectivity index (χ3v) is 7.28. The molecular weight excluding hydrogens is 382 g/mol. The molecule has 1 fully saturated rings. The molecule has 0 radical (unpaired) electrons. The number of nitrogens with zero attached hydrogens (tertiary/aromatic N) is 3. The molecule has 29 heavy (non-hydrogen) atoms. The largest absolute Gasteiger partial charge is 0.305 e. The van der Waals surface area contributed by atoms with Crippen molar-refractivity contribution in [3.05, 3.63) is 70.0 Å². The molecule has 4 aromatic rings. The van der Waals surface area contributed by atoms with Crippen molar-refractivity contribution in [1.29, 1.82) is 0 Å². The highest BCUT2D eigenvalue weighted by atomic mass is 32.1. The summed E-state index contributed by atoms with van der Waals surface area (Å²) in [6.45, 7) is 5.05. The van der Waals surface area contributed by atoms with E-state index >= 15 is 0 Å². The van der Waals surface area contributed by atoms with Crippen molar-refractivity contribution < 1.29 is 0 Å². The lowest BCUT2D eigenvalue weighted by Crippen LogP contribution is -2.43. The van der Waals surface area contributed by atoms with Gasteiger partial charge < -0.3 is 5.32 Å². The first kappa shape index (κ1) is 18.3. The Bertz CT molecular complexity index is 1260. The number of aromatic nitrogens is 4. The number of hydrogen-bond donors (Lipinski definition) is 2. The number of thiophene rings is 1. The molecule has 0 unspecified atom stereocenters. The minimum Gasteiger partial charge on any atom is -0.305 e. The van der Waals surface area contributed by atoms with Crippen molar-refractivity contribution in [2.24, 2.45) is 7.05 Å². The van der Waals surface area contributed by atoms with E-state index in [1.54, 1.807) is 10.8 Å². The van der Waals surface area contributed by atoms with Crippen molar-refractivity contribution in [1.82, 2.24) is 25.1 Å². The van der Waals surface area contributed by atoms with Gasteiger partial charge in [-0.25, -0.2) is 4.98 Å². The number of aromatic amines is 1. The van der Waals surface area contributed by atoms with Gasteiger partial charge in [0.1, 0.15) is 10.5 Å². The second-order valence-corrected chi connectivity index (χ2v) is 8.97. The molecular formula is C22H23N5OS. The fourth-order valence-electron chi connectivity index (χ4n) is 4.56. The van der Waals surface area contributed by atoms with Gasteiger partial charge in [-0.3, -0.25) is 14.5 Å². The first-order valence-electron chi connectivity index (χ1n) is 9.80. The van der Waals surface area contributed by atoms with Gasteiger partial charge in [0.05, 0.1) is 17.3 Å². The van der Waals surface area contributed by atoms with Crippen LogP contribution in [-0.2, 0) is 12.6 Å². The molecule has 1 aliphatic rings. The quantitative estimate of drug-likeness (QED) is 0.545. The summed E-state index contributed by atoms with van der Waals surface area (Å²) >= 11 is 1.48. The lowest BCUT2D eigenvalue weighted by Gasteiger charge is -2.32. The van der Waals surface area contributed by atoms with Crippen molar-refractivity contribution in [2.75, 3.05) is 6.54 Å². The second-order valence-electron chi connectivity index (χ2n) is 7.91. The molecule has 2 N–H and O–H groups in total. The summed E-state index contributed by atoms with van der Waals surface area (Å²) in [7, 11) is 1.83. The second kappa shape index (κ2) is 6.64. The van der Waals surface area contributed by atoms with Gasteiger partial charge in [-0.15, -0.1) is 11.3 Å². The first-order valence-corrected chi connectivity index (χ1v) is 10.6. The molecule has 5 rings (SSSR count). The highest BCUT2D eigenvalue weighted by Gasteiger charge is 2.44. The van der Waals surface area contributed by atoms with Crippen molar-refractivity contribution >= 4 is 21.6 Å². The Morgan fingerprint density at radius 1 is 1.28 bits per heavy atom. The van der Waals surface area contributed by atoms with Crippen LogP contribution in [0.1, 0.15) is 36.3 Å². The number of aryl methyl sites for hydroxylation is 1. The van der Waals surface area contributed by atoms with E-state index in [1.165, 1.54) is 16.9 Å². The van der Waals surface area contributed by atoms with Gasteiger partial charge in [0.2, 0.25) is 0 Å². The van der Waals surface area contributed by atoms with Gasteiger partial charge in [0, 0.05) is 29.1 Å². The summed E-state index contributed by atoms with van der Waals surface area (Å²) in [5, 5.41) is 10.7. The molecule has 1 saturated heterocycles. The number of fused-ring (bicyclic) bond motifs is 1. The van der Waals surface area contributed by atoms with E-state index in [9.17, 15) is 4.79 Å². The molecule has 6 nitrogen and oxygen atoms in total. The van der Waals surface area contributed by atoms with Crippen LogP contribution in [0.25, 0.3) is 20.7 Å². The monoisotopic (exact) mass is 405 g/mol. The summed E-state index contributed by atoms with van der Waals surface area (Å²) in [6, 6.07) is 12.5. The third-order valence-electron chi connectivity index (χ3n) is 6.14. The van der Waals surface area contributed by atoms with E-state index < -0.39 is 5.54 Å². The molecule has 1 aliphatic heterocycles. The number of nitrogens with one attached hydrogen (secondary N) is 2. The van der Waals surface area contributed by atoms with E-state index in [-0.39, 0.29) is 11.5 Å². The van der Waals surface area contributed by atoms with Crippen LogP contribution in [0.5, 0.6) is 0 Å². The highest BCUT2D eigenvalue weighted by molar-refractivity contribution is 7.22. The number of benzene rings is 1. The molecule has 1 aromatic carbocycles. The minimum atomic E-state index is -0.406. The molecule has 0 spiro atoms. The van der Waals surface area contributed by atoms with Crippen molar-refractivity contribution in [3.8, 4) is 10.4 Å². The molecule has 0 amide bonds. The maximum absolute atomic E-state index is 13.2. The third kappa shape index (κ3) is 2.76.